The topological polar surface area (TPSA) is 9.23 Å². The Morgan fingerprint density at radius 1 is 1.60 bits per heavy atom. The molecule has 0 aliphatic rings. The van der Waals surface area contributed by atoms with Crippen LogP contribution in [-0.4, -0.2) is 6.61 Å². The molecule has 1 aromatic heterocycles. The molecule has 0 atom stereocenters. The number of thiophene rings is 1. The third-order valence-corrected chi connectivity index (χ3v) is 3.51. The van der Waals surface area contributed by atoms with Crippen molar-refractivity contribution < 1.29 is 4.74 Å². The van der Waals surface area contributed by atoms with Crippen molar-refractivity contribution in [1.29, 1.82) is 0 Å². The molecule has 1 rings (SSSR count). The molecule has 0 aliphatic carbocycles. The molecule has 0 radical (unpaired) electrons. The van der Waals surface area contributed by atoms with Gasteiger partial charge in [-0.3, -0.25) is 0 Å². The first-order valence-corrected chi connectivity index (χ1v) is 5.27. The van der Waals surface area contributed by atoms with Gasteiger partial charge in [-0.05, 0) is 38.8 Å². The smallest absolute Gasteiger partial charge is 0.158 e. The van der Waals surface area contributed by atoms with Crippen LogP contribution in [0, 0.1) is 0 Å². The molecule has 56 valence electrons. The molecule has 0 spiro atoms. The summed E-state index contributed by atoms with van der Waals surface area (Å²) in [6, 6.07) is 0. The van der Waals surface area contributed by atoms with Gasteiger partial charge < -0.3 is 4.74 Å². The first kappa shape index (κ1) is 8.56. The van der Waals surface area contributed by atoms with E-state index in [1.54, 1.807) is 11.3 Å². The average molecular weight is 286 g/mol. The van der Waals surface area contributed by atoms with Crippen LogP contribution >= 0.6 is 43.2 Å². The maximum absolute atomic E-state index is 5.32. The predicted molar refractivity (Wildman–Crippen MR) is 50.9 cm³/mol. The maximum Gasteiger partial charge on any atom is 0.158 e. The lowest BCUT2D eigenvalue weighted by Crippen LogP contribution is -1.89. The molecule has 0 bridgehead atoms. The van der Waals surface area contributed by atoms with Crippen LogP contribution in [0.15, 0.2) is 13.6 Å². The molecule has 10 heavy (non-hydrogen) atoms. The molecular formula is C6H6Br2OS. The summed E-state index contributed by atoms with van der Waals surface area (Å²) < 4.78 is 7.39. The third kappa shape index (κ3) is 1.74. The Morgan fingerprint density at radius 3 is 2.70 bits per heavy atom. The van der Waals surface area contributed by atoms with Crippen molar-refractivity contribution in [2.45, 2.75) is 6.92 Å². The number of hydrogen-bond donors (Lipinski definition) is 0. The first-order chi connectivity index (χ1) is 4.75. The van der Waals surface area contributed by atoms with Gasteiger partial charge >= 0.3 is 0 Å². The molecule has 0 saturated heterocycles. The number of rotatable bonds is 2. The van der Waals surface area contributed by atoms with Crippen LogP contribution in [0.3, 0.4) is 0 Å². The Kier molecular flexibility index (Phi) is 3.20. The van der Waals surface area contributed by atoms with E-state index in [0.29, 0.717) is 6.61 Å². The lowest BCUT2D eigenvalue weighted by Gasteiger charge is -1.99. The summed E-state index contributed by atoms with van der Waals surface area (Å²) in [7, 11) is 0. The van der Waals surface area contributed by atoms with E-state index in [1.165, 1.54) is 0 Å². The second kappa shape index (κ2) is 3.74. The zero-order valence-corrected chi connectivity index (χ0v) is 9.35. The van der Waals surface area contributed by atoms with Gasteiger partial charge in [0, 0.05) is 5.38 Å². The van der Waals surface area contributed by atoms with Crippen molar-refractivity contribution in [3.8, 4) is 5.75 Å². The van der Waals surface area contributed by atoms with Crippen molar-refractivity contribution in [3.05, 3.63) is 13.6 Å². The summed E-state index contributed by atoms with van der Waals surface area (Å²) in [6.45, 7) is 2.67. The maximum atomic E-state index is 5.32. The molecular weight excluding hydrogens is 280 g/mol. The summed E-state index contributed by atoms with van der Waals surface area (Å²) in [5.74, 6) is 0.910. The minimum atomic E-state index is 0.702. The Hall–Kier alpha value is 0.460. The molecule has 0 unspecified atom stereocenters. The lowest BCUT2D eigenvalue weighted by molar-refractivity contribution is 0.338. The van der Waals surface area contributed by atoms with Gasteiger partial charge in [0.2, 0.25) is 0 Å². The first-order valence-electron chi connectivity index (χ1n) is 2.81. The number of hydrogen-bond acceptors (Lipinski definition) is 2. The minimum Gasteiger partial charge on any atom is -0.491 e. The second-order valence-corrected chi connectivity index (χ2v) is 4.67. The van der Waals surface area contributed by atoms with Gasteiger partial charge in [-0.25, -0.2) is 0 Å². The van der Waals surface area contributed by atoms with Crippen LogP contribution in [0.4, 0.5) is 0 Å². The highest BCUT2D eigenvalue weighted by atomic mass is 79.9. The fourth-order valence-electron chi connectivity index (χ4n) is 0.574. The Morgan fingerprint density at radius 2 is 2.30 bits per heavy atom. The molecule has 4 heteroatoms. The standard InChI is InChI=1S/C6H6Br2OS/c1-2-9-5-4(7)3-10-6(5)8/h3H,2H2,1H3. The molecule has 1 aromatic rings. The molecule has 0 saturated carbocycles. The van der Waals surface area contributed by atoms with E-state index in [9.17, 15) is 0 Å². The van der Waals surface area contributed by atoms with Crippen molar-refractivity contribution in [3.63, 3.8) is 0 Å². The lowest BCUT2D eigenvalue weighted by atomic mass is 10.6. The summed E-state index contributed by atoms with van der Waals surface area (Å²) in [6.07, 6.45) is 0. The zero-order chi connectivity index (χ0) is 7.56. The summed E-state index contributed by atoms with van der Waals surface area (Å²) in [4.78, 5) is 0. The van der Waals surface area contributed by atoms with Crippen molar-refractivity contribution in [1.82, 2.24) is 0 Å². The predicted octanol–water partition coefficient (Wildman–Crippen LogP) is 3.67. The van der Waals surface area contributed by atoms with Gasteiger partial charge in [-0.2, -0.15) is 0 Å². The quantitative estimate of drug-likeness (QED) is 0.806. The molecule has 0 aliphatic heterocycles. The van der Waals surface area contributed by atoms with Crippen LogP contribution in [0.2, 0.25) is 0 Å². The zero-order valence-electron chi connectivity index (χ0n) is 5.36. The van der Waals surface area contributed by atoms with Crippen LogP contribution in [0.5, 0.6) is 5.75 Å². The fraction of sp³-hybridized carbons (Fsp3) is 0.333. The minimum absolute atomic E-state index is 0.702. The highest BCUT2D eigenvalue weighted by Crippen LogP contribution is 2.38. The van der Waals surface area contributed by atoms with Crippen LogP contribution in [0.1, 0.15) is 6.92 Å². The van der Waals surface area contributed by atoms with E-state index in [0.717, 1.165) is 14.0 Å². The molecule has 1 heterocycles. The summed E-state index contributed by atoms with van der Waals surface area (Å²) in [5.41, 5.74) is 0. The van der Waals surface area contributed by atoms with Gasteiger partial charge in [0.15, 0.2) is 5.75 Å². The van der Waals surface area contributed by atoms with Crippen molar-refractivity contribution >= 4 is 43.2 Å². The van der Waals surface area contributed by atoms with E-state index in [1.807, 2.05) is 12.3 Å². The van der Waals surface area contributed by atoms with Gasteiger partial charge in [0.1, 0.15) is 3.79 Å². The van der Waals surface area contributed by atoms with Crippen molar-refractivity contribution in [2.24, 2.45) is 0 Å². The normalized spacial score (nSPS) is 9.90. The van der Waals surface area contributed by atoms with Gasteiger partial charge in [0.25, 0.3) is 0 Å². The van der Waals surface area contributed by atoms with E-state index < -0.39 is 0 Å². The number of halogens is 2. The average Bonchev–Trinajstić information content (AvgIpc) is 2.20. The summed E-state index contributed by atoms with van der Waals surface area (Å²) >= 11 is 8.37. The van der Waals surface area contributed by atoms with Gasteiger partial charge in [-0.15, -0.1) is 11.3 Å². The Balaban J connectivity index is 2.87. The Bertz CT molecular complexity index is 202. The van der Waals surface area contributed by atoms with Gasteiger partial charge in [-0.1, -0.05) is 0 Å². The highest BCUT2D eigenvalue weighted by molar-refractivity contribution is 9.11. The number of ether oxygens (including phenoxy) is 1. The summed E-state index contributed by atoms with van der Waals surface area (Å²) in [5, 5.41) is 2.00. The molecule has 1 nitrogen and oxygen atoms in total. The van der Waals surface area contributed by atoms with Crippen LogP contribution < -0.4 is 4.74 Å². The monoisotopic (exact) mass is 284 g/mol. The van der Waals surface area contributed by atoms with Crippen molar-refractivity contribution in [2.75, 3.05) is 6.61 Å². The fourth-order valence-corrected chi connectivity index (χ4v) is 2.76. The highest BCUT2D eigenvalue weighted by Gasteiger charge is 2.06. The molecule has 0 amide bonds. The van der Waals surface area contributed by atoms with Gasteiger partial charge in [0.05, 0.1) is 11.1 Å². The SMILES string of the molecule is CCOc1c(Br)csc1Br. The second-order valence-electron chi connectivity index (χ2n) is 1.62. The van der Waals surface area contributed by atoms with Crippen LogP contribution in [-0.2, 0) is 0 Å². The van der Waals surface area contributed by atoms with E-state index >= 15 is 0 Å². The molecule has 0 aromatic carbocycles. The Labute approximate surface area is 80.7 Å². The van der Waals surface area contributed by atoms with E-state index in [4.69, 9.17) is 4.74 Å². The molecule has 0 N–H and O–H groups in total. The molecule has 0 fully saturated rings. The largest absolute Gasteiger partial charge is 0.491 e. The van der Waals surface area contributed by atoms with E-state index in [2.05, 4.69) is 31.9 Å². The van der Waals surface area contributed by atoms with E-state index in [-0.39, 0.29) is 0 Å². The third-order valence-electron chi connectivity index (χ3n) is 0.950. The van der Waals surface area contributed by atoms with Crippen LogP contribution in [0.25, 0.3) is 0 Å².